The van der Waals surface area contributed by atoms with Gasteiger partial charge in [-0.1, -0.05) is 0 Å². The number of hydrogen-bond acceptors (Lipinski definition) is 4. The van der Waals surface area contributed by atoms with Gasteiger partial charge < -0.3 is 15.2 Å². The largest absolute Gasteiger partial charge is 0.497 e. The molecule has 1 aromatic carbocycles. The Labute approximate surface area is 98.6 Å². The van der Waals surface area contributed by atoms with E-state index < -0.39 is 17.9 Å². The Morgan fingerprint density at radius 3 is 2.29 bits per heavy atom. The summed E-state index contributed by atoms with van der Waals surface area (Å²) in [7, 11) is 2.95. The number of benzene rings is 1. The summed E-state index contributed by atoms with van der Waals surface area (Å²) in [5.74, 6) is -1.19. The van der Waals surface area contributed by atoms with Crippen LogP contribution in [0.25, 0.3) is 0 Å². The van der Waals surface area contributed by atoms with Gasteiger partial charge in [0, 0.05) is 5.69 Å². The summed E-state index contributed by atoms with van der Waals surface area (Å²) in [6.45, 7) is 0. The molecule has 0 heterocycles. The molecule has 0 spiro atoms. The van der Waals surface area contributed by atoms with Gasteiger partial charge in [-0.15, -0.1) is 0 Å². The number of methoxy groups -OCH3 is 1. The lowest BCUT2D eigenvalue weighted by atomic mass is 10.2. The van der Waals surface area contributed by atoms with Crippen LogP contribution in [0.15, 0.2) is 24.3 Å². The molecule has 0 aliphatic carbocycles. The van der Waals surface area contributed by atoms with Gasteiger partial charge >= 0.3 is 5.97 Å². The molecule has 1 atom stereocenters. The fourth-order valence-electron chi connectivity index (χ4n) is 1.26. The number of rotatable bonds is 5. The minimum atomic E-state index is -1.27. The monoisotopic (exact) mass is 238 g/mol. The molecule has 0 saturated heterocycles. The van der Waals surface area contributed by atoms with Crippen LogP contribution < -0.4 is 15.4 Å². The number of anilines is 1. The molecule has 1 unspecified atom stereocenters. The second-order valence-electron chi connectivity index (χ2n) is 3.28. The predicted octanol–water partition coefficient (Wildman–Crippen LogP) is 0.306. The molecule has 0 aliphatic heterocycles. The number of aliphatic carboxylic acids is 1. The van der Waals surface area contributed by atoms with Crippen LogP contribution in [0.3, 0.4) is 0 Å². The third-order valence-electron chi connectivity index (χ3n) is 2.16. The quantitative estimate of drug-likeness (QED) is 0.642. The topological polar surface area (TPSA) is 87.7 Å². The Hall–Kier alpha value is -2.08. The number of ether oxygens (including phenoxy) is 1. The molecular formula is C11H14N2O4. The molecular weight excluding hydrogens is 224 g/mol. The maximum atomic E-state index is 11.6. The number of carboxylic acids is 1. The minimum Gasteiger partial charge on any atom is -0.497 e. The van der Waals surface area contributed by atoms with Gasteiger partial charge in [0.2, 0.25) is 0 Å². The average molecular weight is 238 g/mol. The SMILES string of the molecule is CNC(C(=O)O)C(=O)Nc1ccc(OC)cc1. The van der Waals surface area contributed by atoms with Gasteiger partial charge in [0.05, 0.1) is 7.11 Å². The zero-order chi connectivity index (χ0) is 12.8. The molecule has 0 bridgehead atoms. The highest BCUT2D eigenvalue weighted by Gasteiger charge is 2.23. The molecule has 3 N–H and O–H groups in total. The van der Waals surface area contributed by atoms with E-state index in [1.54, 1.807) is 24.3 Å². The summed E-state index contributed by atoms with van der Waals surface area (Å²) >= 11 is 0. The predicted molar refractivity (Wildman–Crippen MR) is 62.1 cm³/mol. The van der Waals surface area contributed by atoms with E-state index in [2.05, 4.69) is 10.6 Å². The molecule has 1 rings (SSSR count). The number of carbonyl (C=O) groups is 2. The van der Waals surface area contributed by atoms with Gasteiger partial charge in [-0.3, -0.25) is 10.1 Å². The van der Waals surface area contributed by atoms with Gasteiger partial charge in [-0.2, -0.15) is 0 Å². The van der Waals surface area contributed by atoms with Crippen LogP contribution in [0.2, 0.25) is 0 Å². The van der Waals surface area contributed by atoms with E-state index in [0.717, 1.165) is 0 Å². The van der Waals surface area contributed by atoms with Crippen LogP contribution in [0.5, 0.6) is 5.75 Å². The first-order chi connectivity index (χ1) is 8.08. The lowest BCUT2D eigenvalue weighted by Gasteiger charge is -2.11. The molecule has 1 amide bonds. The Kier molecular flexibility index (Phi) is 4.47. The fourth-order valence-corrected chi connectivity index (χ4v) is 1.26. The summed E-state index contributed by atoms with van der Waals surface area (Å²) < 4.78 is 4.96. The molecule has 17 heavy (non-hydrogen) atoms. The first kappa shape index (κ1) is 13.0. The van der Waals surface area contributed by atoms with Crippen molar-refractivity contribution in [3.8, 4) is 5.75 Å². The summed E-state index contributed by atoms with van der Waals surface area (Å²) in [5.41, 5.74) is 0.511. The minimum absolute atomic E-state index is 0.511. The van der Waals surface area contributed by atoms with Gasteiger partial charge in [0.1, 0.15) is 5.75 Å². The zero-order valence-electron chi connectivity index (χ0n) is 9.56. The standard InChI is InChI=1S/C11H14N2O4/c1-12-9(11(15)16)10(14)13-7-3-5-8(17-2)6-4-7/h3-6,9,12H,1-2H3,(H,13,14)(H,15,16). The van der Waals surface area contributed by atoms with E-state index in [4.69, 9.17) is 9.84 Å². The van der Waals surface area contributed by atoms with Gasteiger partial charge in [-0.05, 0) is 31.3 Å². The lowest BCUT2D eigenvalue weighted by Crippen LogP contribution is -2.44. The van der Waals surface area contributed by atoms with Crippen LogP contribution in [0, 0.1) is 0 Å². The van der Waals surface area contributed by atoms with E-state index in [1.165, 1.54) is 14.2 Å². The van der Waals surface area contributed by atoms with E-state index in [9.17, 15) is 9.59 Å². The number of nitrogens with one attached hydrogen (secondary N) is 2. The van der Waals surface area contributed by atoms with Crippen molar-refractivity contribution in [2.24, 2.45) is 0 Å². The summed E-state index contributed by atoms with van der Waals surface area (Å²) in [5, 5.41) is 13.7. The van der Waals surface area contributed by atoms with Crippen molar-refractivity contribution in [2.45, 2.75) is 6.04 Å². The van der Waals surface area contributed by atoms with Crippen molar-refractivity contribution in [3.05, 3.63) is 24.3 Å². The van der Waals surface area contributed by atoms with Crippen molar-refractivity contribution in [3.63, 3.8) is 0 Å². The molecule has 6 nitrogen and oxygen atoms in total. The second kappa shape index (κ2) is 5.86. The third kappa shape index (κ3) is 3.46. The van der Waals surface area contributed by atoms with Crippen molar-refractivity contribution >= 4 is 17.6 Å². The highest BCUT2D eigenvalue weighted by Crippen LogP contribution is 2.15. The first-order valence-electron chi connectivity index (χ1n) is 4.93. The van der Waals surface area contributed by atoms with Crippen LogP contribution in [0.1, 0.15) is 0 Å². The smallest absolute Gasteiger partial charge is 0.330 e. The Morgan fingerprint density at radius 1 is 1.29 bits per heavy atom. The normalized spacial score (nSPS) is 11.6. The van der Waals surface area contributed by atoms with Gasteiger partial charge in [-0.25, -0.2) is 4.79 Å². The Balaban J connectivity index is 2.69. The average Bonchev–Trinajstić information content (AvgIpc) is 2.30. The molecule has 0 fully saturated rings. The van der Waals surface area contributed by atoms with Crippen molar-refractivity contribution in [2.75, 3.05) is 19.5 Å². The van der Waals surface area contributed by atoms with E-state index >= 15 is 0 Å². The fraction of sp³-hybridized carbons (Fsp3) is 0.273. The van der Waals surface area contributed by atoms with E-state index in [1.807, 2.05) is 0 Å². The van der Waals surface area contributed by atoms with Crippen LogP contribution in [-0.2, 0) is 9.59 Å². The molecule has 0 saturated carbocycles. The molecule has 1 aromatic rings. The second-order valence-corrected chi connectivity index (χ2v) is 3.28. The maximum absolute atomic E-state index is 11.6. The van der Waals surface area contributed by atoms with Crippen molar-refractivity contribution < 1.29 is 19.4 Å². The van der Waals surface area contributed by atoms with E-state index in [0.29, 0.717) is 11.4 Å². The molecule has 0 aromatic heterocycles. The molecule has 0 aliphatic rings. The number of amides is 1. The van der Waals surface area contributed by atoms with Crippen molar-refractivity contribution in [1.29, 1.82) is 0 Å². The molecule has 0 radical (unpaired) electrons. The van der Waals surface area contributed by atoms with Gasteiger partial charge in [0.15, 0.2) is 6.04 Å². The Morgan fingerprint density at radius 2 is 1.88 bits per heavy atom. The number of hydrogen-bond donors (Lipinski definition) is 3. The summed E-state index contributed by atoms with van der Waals surface area (Å²) in [4.78, 5) is 22.3. The number of likely N-dealkylation sites (N-methyl/N-ethyl adjacent to an activating group) is 1. The Bertz CT molecular complexity index is 402. The number of carbonyl (C=O) groups excluding carboxylic acids is 1. The van der Waals surface area contributed by atoms with Crippen LogP contribution in [-0.4, -0.2) is 37.2 Å². The third-order valence-corrected chi connectivity index (χ3v) is 2.16. The highest BCUT2D eigenvalue weighted by atomic mass is 16.5. The van der Waals surface area contributed by atoms with Gasteiger partial charge in [0.25, 0.3) is 5.91 Å². The van der Waals surface area contributed by atoms with Crippen molar-refractivity contribution in [1.82, 2.24) is 5.32 Å². The summed E-state index contributed by atoms with van der Waals surface area (Å²) in [6.07, 6.45) is 0. The lowest BCUT2D eigenvalue weighted by molar-refractivity contribution is -0.142. The van der Waals surface area contributed by atoms with E-state index in [-0.39, 0.29) is 0 Å². The molecule has 92 valence electrons. The van der Waals surface area contributed by atoms with Crippen LogP contribution >= 0.6 is 0 Å². The highest BCUT2D eigenvalue weighted by molar-refractivity contribution is 6.07. The maximum Gasteiger partial charge on any atom is 0.330 e. The zero-order valence-corrected chi connectivity index (χ0v) is 9.56. The number of carboxylic acid groups (broad SMARTS) is 1. The summed E-state index contributed by atoms with van der Waals surface area (Å²) in [6, 6.07) is 5.34. The van der Waals surface area contributed by atoms with Crippen LogP contribution in [0.4, 0.5) is 5.69 Å². The first-order valence-corrected chi connectivity index (χ1v) is 4.93. The molecule has 6 heteroatoms.